The Kier molecular flexibility index (Phi) is 4.91. The van der Waals surface area contributed by atoms with Crippen LogP contribution in [0.15, 0.2) is 46.9 Å². The number of para-hydroxylation sites is 1. The zero-order chi connectivity index (χ0) is 15.6. The molecule has 5 heteroatoms. The van der Waals surface area contributed by atoms with E-state index in [9.17, 15) is 9.90 Å². The van der Waals surface area contributed by atoms with Gasteiger partial charge in [0.15, 0.2) is 0 Å². The third-order valence-electron chi connectivity index (χ3n) is 3.40. The molecule has 0 saturated heterocycles. The monoisotopic (exact) mass is 367 g/mol. The normalized spacial score (nSPS) is 12.0. The minimum absolute atomic E-state index is 0.158. The van der Waals surface area contributed by atoms with Gasteiger partial charge in [-0.15, -0.1) is 0 Å². The second kappa shape index (κ2) is 6.50. The van der Waals surface area contributed by atoms with E-state index in [2.05, 4.69) is 15.9 Å². The number of carbonyl (C=O) groups excluding carboxylic acids is 1. The molecule has 3 nitrogen and oxygen atoms in total. The molecule has 0 saturated carbocycles. The van der Waals surface area contributed by atoms with Crippen LogP contribution in [0.25, 0.3) is 0 Å². The molecule has 2 aromatic carbocycles. The molecule has 0 aliphatic carbocycles. The molecule has 110 valence electrons. The van der Waals surface area contributed by atoms with Gasteiger partial charge < -0.3 is 10.0 Å². The fraction of sp³-hybridized carbons (Fsp3) is 0.188. The molecule has 1 unspecified atom stereocenters. The van der Waals surface area contributed by atoms with Crippen LogP contribution in [-0.4, -0.2) is 23.0 Å². The molecule has 0 heterocycles. The van der Waals surface area contributed by atoms with Crippen molar-refractivity contribution >= 4 is 33.4 Å². The number of rotatable bonds is 3. The number of carbonyl (C=O) groups is 1. The second-order valence-corrected chi connectivity index (χ2v) is 6.16. The van der Waals surface area contributed by atoms with Crippen LogP contribution < -0.4 is 0 Å². The van der Waals surface area contributed by atoms with Crippen molar-refractivity contribution < 1.29 is 9.90 Å². The van der Waals surface area contributed by atoms with Crippen LogP contribution in [0, 0.1) is 0 Å². The molecule has 1 amide bonds. The van der Waals surface area contributed by atoms with Crippen molar-refractivity contribution in [1.82, 2.24) is 4.90 Å². The number of hydrogen-bond acceptors (Lipinski definition) is 2. The molecule has 1 atom stereocenters. The summed E-state index contributed by atoms with van der Waals surface area (Å²) >= 11 is 9.31. The Balaban J connectivity index is 2.28. The van der Waals surface area contributed by atoms with E-state index >= 15 is 0 Å². The van der Waals surface area contributed by atoms with E-state index in [0.717, 1.165) is 4.47 Å². The molecule has 2 aromatic rings. The second-order valence-electron chi connectivity index (χ2n) is 4.81. The lowest BCUT2D eigenvalue weighted by molar-refractivity contribution is 0.0741. The van der Waals surface area contributed by atoms with E-state index in [1.165, 1.54) is 0 Å². The Hall–Kier alpha value is -1.52. The first-order valence-electron chi connectivity index (χ1n) is 6.41. The highest BCUT2D eigenvalue weighted by Gasteiger charge is 2.21. The minimum atomic E-state index is -0.253. The maximum absolute atomic E-state index is 12.5. The van der Waals surface area contributed by atoms with Crippen molar-refractivity contribution in [3.05, 3.63) is 63.1 Å². The van der Waals surface area contributed by atoms with E-state index in [4.69, 9.17) is 11.6 Å². The first kappa shape index (κ1) is 15.9. The van der Waals surface area contributed by atoms with Gasteiger partial charge in [-0.1, -0.05) is 45.7 Å². The van der Waals surface area contributed by atoms with Crippen LogP contribution >= 0.6 is 27.5 Å². The maximum Gasteiger partial charge on any atom is 0.254 e. The van der Waals surface area contributed by atoms with Gasteiger partial charge in [0.1, 0.15) is 5.75 Å². The number of nitrogens with zero attached hydrogens (tertiary/aromatic N) is 1. The topological polar surface area (TPSA) is 40.5 Å². The summed E-state index contributed by atoms with van der Waals surface area (Å²) in [5.74, 6) is 0.0193. The van der Waals surface area contributed by atoms with Gasteiger partial charge in [0.2, 0.25) is 0 Å². The van der Waals surface area contributed by atoms with Gasteiger partial charge in [0.05, 0.1) is 6.04 Å². The highest BCUT2D eigenvalue weighted by molar-refractivity contribution is 9.10. The molecule has 0 aromatic heterocycles. The standard InChI is InChI=1S/C16H15BrClNO2/c1-10(14-5-3-4-6-15(14)20)19(2)16(21)11-7-12(17)9-13(18)8-11/h3-10,20H,1-2H3. The van der Waals surface area contributed by atoms with Crippen LogP contribution in [0.5, 0.6) is 5.75 Å². The Labute approximate surface area is 137 Å². The SMILES string of the molecule is CC(c1ccccc1O)N(C)C(=O)c1cc(Cl)cc(Br)c1. The molecule has 0 radical (unpaired) electrons. The van der Waals surface area contributed by atoms with Crippen LogP contribution in [-0.2, 0) is 0 Å². The summed E-state index contributed by atoms with van der Waals surface area (Å²) in [6.07, 6.45) is 0. The molecule has 2 rings (SSSR count). The zero-order valence-corrected chi connectivity index (χ0v) is 14.0. The Morgan fingerprint density at radius 3 is 2.57 bits per heavy atom. The van der Waals surface area contributed by atoms with Crippen molar-refractivity contribution in [3.63, 3.8) is 0 Å². The van der Waals surface area contributed by atoms with E-state index in [0.29, 0.717) is 16.1 Å². The third kappa shape index (κ3) is 3.57. The van der Waals surface area contributed by atoms with Gasteiger partial charge in [-0.05, 0) is 31.2 Å². The first-order valence-corrected chi connectivity index (χ1v) is 7.58. The summed E-state index contributed by atoms with van der Waals surface area (Å²) in [6, 6.07) is 11.8. The smallest absolute Gasteiger partial charge is 0.254 e. The summed E-state index contributed by atoms with van der Waals surface area (Å²) in [4.78, 5) is 14.1. The molecule has 0 bridgehead atoms. The predicted molar refractivity (Wildman–Crippen MR) is 87.8 cm³/mol. The molecular weight excluding hydrogens is 354 g/mol. The minimum Gasteiger partial charge on any atom is -0.508 e. The van der Waals surface area contributed by atoms with Crippen molar-refractivity contribution in [1.29, 1.82) is 0 Å². The largest absolute Gasteiger partial charge is 0.508 e. The van der Waals surface area contributed by atoms with Crippen molar-refractivity contribution in [2.45, 2.75) is 13.0 Å². The van der Waals surface area contributed by atoms with Crippen LogP contribution in [0.2, 0.25) is 5.02 Å². The van der Waals surface area contributed by atoms with Gasteiger partial charge in [0.25, 0.3) is 5.91 Å². The molecule has 0 aliphatic rings. The van der Waals surface area contributed by atoms with Crippen LogP contribution in [0.4, 0.5) is 0 Å². The molecule has 1 N–H and O–H groups in total. The van der Waals surface area contributed by atoms with Crippen LogP contribution in [0.3, 0.4) is 0 Å². The van der Waals surface area contributed by atoms with Gasteiger partial charge in [0, 0.05) is 27.7 Å². The fourth-order valence-corrected chi connectivity index (χ4v) is 2.97. The lowest BCUT2D eigenvalue weighted by atomic mass is 10.1. The average molecular weight is 369 g/mol. The summed E-state index contributed by atoms with van der Waals surface area (Å²) in [6.45, 7) is 1.87. The highest BCUT2D eigenvalue weighted by atomic mass is 79.9. The van der Waals surface area contributed by atoms with Crippen LogP contribution in [0.1, 0.15) is 28.9 Å². The third-order valence-corrected chi connectivity index (χ3v) is 4.07. The van der Waals surface area contributed by atoms with E-state index < -0.39 is 0 Å². The van der Waals surface area contributed by atoms with E-state index in [1.807, 2.05) is 13.0 Å². The molecule has 0 spiro atoms. The number of halogens is 2. The summed E-state index contributed by atoms with van der Waals surface area (Å²) in [5.41, 5.74) is 1.20. The number of hydrogen-bond donors (Lipinski definition) is 1. The number of phenolic OH excluding ortho intramolecular Hbond substituents is 1. The van der Waals surface area contributed by atoms with Crippen molar-refractivity contribution in [2.75, 3.05) is 7.05 Å². The van der Waals surface area contributed by atoms with Crippen molar-refractivity contribution in [3.8, 4) is 5.75 Å². The molecular formula is C16H15BrClNO2. The van der Waals surface area contributed by atoms with E-state index in [1.54, 1.807) is 48.3 Å². The average Bonchev–Trinajstić information content (AvgIpc) is 2.44. The lowest BCUT2D eigenvalue weighted by Crippen LogP contribution is -2.29. The Bertz CT molecular complexity index is 655. The molecule has 0 fully saturated rings. The first-order chi connectivity index (χ1) is 9.90. The zero-order valence-electron chi connectivity index (χ0n) is 11.7. The highest BCUT2D eigenvalue weighted by Crippen LogP contribution is 2.29. The lowest BCUT2D eigenvalue weighted by Gasteiger charge is -2.26. The predicted octanol–water partition coefficient (Wildman–Crippen LogP) is 4.64. The van der Waals surface area contributed by atoms with Crippen molar-refractivity contribution in [2.24, 2.45) is 0 Å². The molecule has 0 aliphatic heterocycles. The van der Waals surface area contributed by atoms with Gasteiger partial charge >= 0.3 is 0 Å². The number of phenols is 1. The van der Waals surface area contributed by atoms with Gasteiger partial charge in [-0.2, -0.15) is 0 Å². The quantitative estimate of drug-likeness (QED) is 0.857. The number of aromatic hydroxyl groups is 1. The van der Waals surface area contributed by atoms with E-state index in [-0.39, 0.29) is 17.7 Å². The number of amides is 1. The van der Waals surface area contributed by atoms with Gasteiger partial charge in [-0.25, -0.2) is 0 Å². The Morgan fingerprint density at radius 1 is 1.29 bits per heavy atom. The van der Waals surface area contributed by atoms with Gasteiger partial charge in [-0.3, -0.25) is 4.79 Å². The fourth-order valence-electron chi connectivity index (χ4n) is 2.11. The summed E-state index contributed by atoms with van der Waals surface area (Å²) < 4.78 is 0.752. The molecule has 21 heavy (non-hydrogen) atoms. The summed E-state index contributed by atoms with van der Waals surface area (Å²) in [5, 5.41) is 10.4. The summed E-state index contributed by atoms with van der Waals surface area (Å²) in [7, 11) is 1.70. The number of benzene rings is 2. The Morgan fingerprint density at radius 2 is 1.95 bits per heavy atom. The maximum atomic E-state index is 12.5.